The normalized spacial score (nSPS) is 15.2. The van der Waals surface area contributed by atoms with Crippen LogP contribution in [0, 0.1) is 5.41 Å². The van der Waals surface area contributed by atoms with Crippen molar-refractivity contribution in [3.05, 3.63) is 34.9 Å². The second-order valence-corrected chi connectivity index (χ2v) is 5.75. The van der Waals surface area contributed by atoms with Gasteiger partial charge < -0.3 is 0 Å². The lowest BCUT2D eigenvalue weighted by Crippen LogP contribution is -2.23. The third-order valence-electron chi connectivity index (χ3n) is 3.44. The molecular formula is C14H18Cl2. The minimum atomic E-state index is 0.0238. The van der Waals surface area contributed by atoms with Gasteiger partial charge in [-0.1, -0.05) is 25.1 Å². The molecule has 2 rings (SSSR count). The van der Waals surface area contributed by atoms with Gasteiger partial charge in [-0.05, 0) is 47.8 Å². The van der Waals surface area contributed by atoms with E-state index in [2.05, 4.69) is 25.1 Å². The molecule has 0 nitrogen and oxygen atoms in total. The summed E-state index contributed by atoms with van der Waals surface area (Å²) in [5, 5.41) is 0. The lowest BCUT2D eigenvalue weighted by Gasteiger charge is -2.24. The number of fused-ring (bicyclic) bond motifs is 1. The molecule has 0 N–H and O–H groups in total. The van der Waals surface area contributed by atoms with E-state index in [0.717, 1.165) is 6.42 Å². The molecule has 0 aromatic heterocycles. The van der Waals surface area contributed by atoms with Crippen LogP contribution in [0.2, 0.25) is 0 Å². The summed E-state index contributed by atoms with van der Waals surface area (Å²) >= 11 is 12.0. The Labute approximate surface area is 108 Å². The summed E-state index contributed by atoms with van der Waals surface area (Å²) in [5.41, 5.74) is 4.46. The van der Waals surface area contributed by atoms with Gasteiger partial charge in [-0.15, -0.1) is 23.2 Å². The van der Waals surface area contributed by atoms with Crippen LogP contribution in [0.25, 0.3) is 0 Å². The maximum Gasteiger partial charge on any atom is 0.0291 e. The van der Waals surface area contributed by atoms with E-state index in [1.165, 1.54) is 36.0 Å². The third-order valence-corrected chi connectivity index (χ3v) is 4.73. The molecule has 0 saturated heterocycles. The molecule has 0 aliphatic heterocycles. The van der Waals surface area contributed by atoms with Gasteiger partial charge in [-0.3, -0.25) is 0 Å². The Bertz CT molecular complexity index is 367. The molecule has 0 radical (unpaired) electrons. The van der Waals surface area contributed by atoms with Crippen molar-refractivity contribution in [2.24, 2.45) is 5.41 Å². The summed E-state index contributed by atoms with van der Waals surface area (Å²) in [5.74, 6) is 1.24. The second-order valence-electron chi connectivity index (χ2n) is 5.21. The van der Waals surface area contributed by atoms with Gasteiger partial charge in [0.05, 0.1) is 0 Å². The molecule has 1 aliphatic rings. The minimum Gasteiger partial charge on any atom is -0.126 e. The van der Waals surface area contributed by atoms with Crippen molar-refractivity contribution < 1.29 is 0 Å². The number of alkyl halides is 2. The summed E-state index contributed by atoms with van der Waals surface area (Å²) in [6.07, 6.45) is 4.77. The molecule has 1 aromatic rings. The average molecular weight is 257 g/mol. The standard InChI is InChI=1S/C14H18Cl2/c1-14(9-15,10-16)8-11-5-6-12-3-2-4-13(12)7-11/h5-7H,2-4,8-10H2,1H3. The Morgan fingerprint density at radius 1 is 1.12 bits per heavy atom. The fourth-order valence-corrected chi connectivity index (χ4v) is 2.83. The minimum absolute atomic E-state index is 0.0238. The van der Waals surface area contributed by atoms with E-state index < -0.39 is 0 Å². The Kier molecular flexibility index (Phi) is 3.81. The fraction of sp³-hybridized carbons (Fsp3) is 0.571. The molecule has 88 valence electrons. The molecule has 0 spiro atoms. The van der Waals surface area contributed by atoms with Crippen LogP contribution in [0.3, 0.4) is 0 Å². The van der Waals surface area contributed by atoms with E-state index in [1.54, 1.807) is 0 Å². The molecule has 0 unspecified atom stereocenters. The largest absolute Gasteiger partial charge is 0.126 e. The van der Waals surface area contributed by atoms with Crippen molar-refractivity contribution in [2.45, 2.75) is 32.6 Å². The van der Waals surface area contributed by atoms with Gasteiger partial charge in [-0.25, -0.2) is 0 Å². The zero-order valence-electron chi connectivity index (χ0n) is 9.73. The smallest absolute Gasteiger partial charge is 0.0291 e. The van der Waals surface area contributed by atoms with E-state index in [9.17, 15) is 0 Å². The van der Waals surface area contributed by atoms with Crippen molar-refractivity contribution in [1.82, 2.24) is 0 Å². The molecular weight excluding hydrogens is 239 g/mol. The summed E-state index contributed by atoms with van der Waals surface area (Å²) in [6, 6.07) is 6.86. The van der Waals surface area contributed by atoms with Crippen LogP contribution >= 0.6 is 23.2 Å². The predicted octanol–water partition coefficient (Wildman–Crippen LogP) is 4.20. The number of hydrogen-bond donors (Lipinski definition) is 0. The first-order valence-corrected chi connectivity index (χ1v) is 6.96. The number of halogens is 2. The molecule has 0 fully saturated rings. The number of aryl methyl sites for hydroxylation is 2. The van der Waals surface area contributed by atoms with E-state index in [1.807, 2.05) is 0 Å². The molecule has 0 bridgehead atoms. The topological polar surface area (TPSA) is 0 Å². The van der Waals surface area contributed by atoms with Crippen LogP contribution in [0.1, 0.15) is 30.0 Å². The number of rotatable bonds is 4. The summed E-state index contributed by atoms with van der Waals surface area (Å²) < 4.78 is 0. The van der Waals surface area contributed by atoms with Crippen LogP contribution in [0.15, 0.2) is 18.2 Å². The highest BCUT2D eigenvalue weighted by atomic mass is 35.5. The van der Waals surface area contributed by atoms with Crippen LogP contribution in [-0.2, 0) is 19.3 Å². The Balaban J connectivity index is 2.16. The average Bonchev–Trinajstić information content (AvgIpc) is 2.76. The number of benzene rings is 1. The maximum atomic E-state index is 5.99. The second kappa shape index (κ2) is 4.98. The number of hydrogen-bond acceptors (Lipinski definition) is 0. The molecule has 1 aliphatic carbocycles. The molecule has 2 heteroatoms. The molecule has 0 heterocycles. The quantitative estimate of drug-likeness (QED) is 0.709. The molecule has 16 heavy (non-hydrogen) atoms. The van der Waals surface area contributed by atoms with Crippen molar-refractivity contribution in [2.75, 3.05) is 11.8 Å². The van der Waals surface area contributed by atoms with Gasteiger partial charge in [0.2, 0.25) is 0 Å². The van der Waals surface area contributed by atoms with Gasteiger partial charge in [-0.2, -0.15) is 0 Å². The SMILES string of the molecule is CC(CCl)(CCl)Cc1ccc2c(c1)CCC2. The van der Waals surface area contributed by atoms with Crippen LogP contribution in [0.4, 0.5) is 0 Å². The van der Waals surface area contributed by atoms with Crippen molar-refractivity contribution in [3.63, 3.8) is 0 Å². The molecule has 0 saturated carbocycles. The highest BCUT2D eigenvalue weighted by Gasteiger charge is 2.23. The molecule has 1 aromatic carbocycles. The third kappa shape index (κ3) is 2.55. The van der Waals surface area contributed by atoms with Crippen molar-refractivity contribution >= 4 is 23.2 Å². The first kappa shape index (κ1) is 12.3. The van der Waals surface area contributed by atoms with Crippen LogP contribution in [-0.4, -0.2) is 11.8 Å². The first-order valence-electron chi connectivity index (χ1n) is 5.89. The molecule has 0 amide bonds. The summed E-state index contributed by atoms with van der Waals surface area (Å²) in [6.45, 7) is 2.15. The lowest BCUT2D eigenvalue weighted by molar-refractivity contribution is 0.425. The van der Waals surface area contributed by atoms with Crippen molar-refractivity contribution in [3.8, 4) is 0 Å². The Morgan fingerprint density at radius 3 is 2.50 bits per heavy atom. The highest BCUT2D eigenvalue weighted by Crippen LogP contribution is 2.29. The Hall–Kier alpha value is -0.200. The van der Waals surface area contributed by atoms with Crippen LogP contribution < -0.4 is 0 Å². The summed E-state index contributed by atoms with van der Waals surface area (Å²) in [7, 11) is 0. The lowest BCUT2D eigenvalue weighted by atomic mass is 9.87. The van der Waals surface area contributed by atoms with E-state index in [0.29, 0.717) is 11.8 Å². The van der Waals surface area contributed by atoms with E-state index in [4.69, 9.17) is 23.2 Å². The molecule has 0 atom stereocenters. The van der Waals surface area contributed by atoms with Gasteiger partial charge in [0, 0.05) is 11.8 Å². The Morgan fingerprint density at radius 2 is 1.81 bits per heavy atom. The van der Waals surface area contributed by atoms with Gasteiger partial charge in [0.25, 0.3) is 0 Å². The monoisotopic (exact) mass is 256 g/mol. The van der Waals surface area contributed by atoms with E-state index in [-0.39, 0.29) is 5.41 Å². The zero-order chi connectivity index (χ0) is 11.6. The maximum absolute atomic E-state index is 5.99. The van der Waals surface area contributed by atoms with Crippen LogP contribution in [0.5, 0.6) is 0 Å². The van der Waals surface area contributed by atoms with E-state index >= 15 is 0 Å². The summed E-state index contributed by atoms with van der Waals surface area (Å²) in [4.78, 5) is 0. The van der Waals surface area contributed by atoms with Gasteiger partial charge >= 0.3 is 0 Å². The zero-order valence-corrected chi connectivity index (χ0v) is 11.2. The van der Waals surface area contributed by atoms with Crippen molar-refractivity contribution in [1.29, 1.82) is 0 Å². The predicted molar refractivity (Wildman–Crippen MR) is 71.7 cm³/mol. The highest BCUT2D eigenvalue weighted by molar-refractivity contribution is 6.21. The first-order chi connectivity index (χ1) is 7.67. The fourth-order valence-electron chi connectivity index (χ4n) is 2.36. The van der Waals surface area contributed by atoms with Gasteiger partial charge in [0.1, 0.15) is 0 Å². The van der Waals surface area contributed by atoms with Gasteiger partial charge in [0.15, 0.2) is 0 Å².